The number of hydrogen-bond donors (Lipinski definition) is 2. The Bertz CT molecular complexity index is 1240. The van der Waals surface area contributed by atoms with E-state index in [1.54, 1.807) is 0 Å². The van der Waals surface area contributed by atoms with E-state index in [9.17, 15) is 27.9 Å². The first-order chi connectivity index (χ1) is 16.2. The molecule has 0 atom stereocenters. The first kappa shape index (κ1) is 23.6. The Morgan fingerprint density at radius 1 is 1.24 bits per heavy atom. The summed E-state index contributed by atoms with van der Waals surface area (Å²) in [7, 11) is 0. The minimum Gasteiger partial charge on any atom is -0.396 e. The number of nitrogens with zero attached hydrogens (tertiary/aromatic N) is 3. The van der Waals surface area contributed by atoms with Crippen LogP contribution in [0.1, 0.15) is 22.3 Å². The normalized spacial score (nSPS) is 14.6. The smallest absolute Gasteiger partial charge is 0.396 e. The lowest BCUT2D eigenvalue weighted by atomic mass is 10.1. The van der Waals surface area contributed by atoms with Crippen molar-refractivity contribution in [1.82, 2.24) is 9.55 Å². The Morgan fingerprint density at radius 2 is 2.03 bits per heavy atom. The number of rotatable bonds is 6. The zero-order chi connectivity index (χ0) is 24.5. The molecule has 2 N–H and O–H groups in total. The lowest BCUT2D eigenvalue weighted by Gasteiger charge is -2.26. The second-order valence-corrected chi connectivity index (χ2v) is 7.59. The van der Waals surface area contributed by atoms with E-state index in [1.165, 1.54) is 27.7 Å². The van der Waals surface area contributed by atoms with Gasteiger partial charge in [-0.15, -0.1) is 0 Å². The molecular formula is C22H20F4N4O4. The number of morpholine rings is 1. The predicted molar refractivity (Wildman–Crippen MR) is 114 cm³/mol. The van der Waals surface area contributed by atoms with Crippen LogP contribution in [0.25, 0.3) is 11.0 Å². The molecule has 1 aliphatic heterocycles. The van der Waals surface area contributed by atoms with E-state index < -0.39 is 23.5 Å². The van der Waals surface area contributed by atoms with Crippen LogP contribution < -0.4 is 10.2 Å². The van der Waals surface area contributed by atoms with Crippen molar-refractivity contribution in [3.63, 3.8) is 0 Å². The monoisotopic (exact) mass is 480 g/mol. The third-order valence-corrected chi connectivity index (χ3v) is 5.29. The zero-order valence-electron chi connectivity index (χ0n) is 17.7. The first-order valence-electron chi connectivity index (χ1n) is 10.4. The van der Waals surface area contributed by atoms with Crippen molar-refractivity contribution in [2.45, 2.75) is 19.1 Å². The number of fused-ring (bicyclic) bond motifs is 1. The van der Waals surface area contributed by atoms with Gasteiger partial charge in [-0.2, -0.15) is 13.2 Å². The summed E-state index contributed by atoms with van der Waals surface area (Å²) in [5, 5.41) is 11.7. The maximum atomic E-state index is 15.1. The van der Waals surface area contributed by atoms with Gasteiger partial charge in [0.1, 0.15) is 12.1 Å². The Hall–Kier alpha value is -3.51. The number of imidazole rings is 1. The number of anilines is 2. The topological polar surface area (TPSA) is 96.7 Å². The van der Waals surface area contributed by atoms with Gasteiger partial charge in [0.05, 0.1) is 17.7 Å². The van der Waals surface area contributed by atoms with Gasteiger partial charge in [0.2, 0.25) is 5.95 Å². The molecule has 0 bridgehead atoms. The van der Waals surface area contributed by atoms with Crippen LogP contribution in [0, 0.1) is 5.82 Å². The number of alkyl halides is 3. The molecule has 0 spiro atoms. The third kappa shape index (κ3) is 4.73. The van der Waals surface area contributed by atoms with Crippen molar-refractivity contribution >= 4 is 34.5 Å². The summed E-state index contributed by atoms with van der Waals surface area (Å²) in [6.07, 6.45) is -4.41. The number of halogens is 4. The first-order valence-corrected chi connectivity index (χ1v) is 10.4. The van der Waals surface area contributed by atoms with Crippen LogP contribution in [0.4, 0.5) is 29.2 Å². The van der Waals surface area contributed by atoms with E-state index in [4.69, 9.17) is 4.74 Å². The Labute approximate surface area is 190 Å². The molecule has 2 aromatic carbocycles. The molecule has 12 heteroatoms. The Morgan fingerprint density at radius 3 is 2.74 bits per heavy atom. The minimum atomic E-state index is -4.62. The van der Waals surface area contributed by atoms with Gasteiger partial charge in [-0.05, 0) is 36.8 Å². The molecule has 1 fully saturated rings. The summed E-state index contributed by atoms with van der Waals surface area (Å²) in [6.45, 7) is 0.242. The quantitative estimate of drug-likeness (QED) is 0.529. The van der Waals surface area contributed by atoms with Crippen LogP contribution in [0.3, 0.4) is 0 Å². The molecule has 0 unspecified atom stereocenters. The average Bonchev–Trinajstić information content (AvgIpc) is 3.14. The number of benzene rings is 2. The molecule has 4 rings (SSSR count). The number of aryl methyl sites for hydroxylation is 1. The molecule has 3 aromatic rings. The highest BCUT2D eigenvalue weighted by Crippen LogP contribution is 2.31. The lowest BCUT2D eigenvalue weighted by molar-refractivity contribution is -0.137. The van der Waals surface area contributed by atoms with E-state index in [-0.39, 0.29) is 73.5 Å². The average molecular weight is 480 g/mol. The van der Waals surface area contributed by atoms with Gasteiger partial charge in [0.25, 0.3) is 11.8 Å². The SMILES string of the molecule is O=C(Nc1nc2cc(N3CCOCC3=O)cc(F)c2n1CCCO)c1cccc(C(F)(F)F)c1. The molecule has 2 heterocycles. The maximum Gasteiger partial charge on any atom is 0.416 e. The van der Waals surface area contributed by atoms with Crippen LogP contribution in [0.2, 0.25) is 0 Å². The van der Waals surface area contributed by atoms with Gasteiger partial charge in [-0.1, -0.05) is 6.07 Å². The summed E-state index contributed by atoms with van der Waals surface area (Å²) < 4.78 is 60.6. The molecule has 34 heavy (non-hydrogen) atoms. The van der Waals surface area contributed by atoms with Crippen molar-refractivity contribution in [1.29, 1.82) is 0 Å². The molecule has 0 saturated carbocycles. The van der Waals surface area contributed by atoms with Gasteiger partial charge in [-0.3, -0.25) is 14.9 Å². The van der Waals surface area contributed by atoms with E-state index >= 15 is 4.39 Å². The number of carbonyl (C=O) groups excluding carboxylic acids is 2. The van der Waals surface area contributed by atoms with Gasteiger partial charge in [0, 0.05) is 30.9 Å². The second-order valence-electron chi connectivity index (χ2n) is 7.59. The number of nitrogens with one attached hydrogen (secondary N) is 1. The van der Waals surface area contributed by atoms with Crippen LogP contribution in [0.5, 0.6) is 0 Å². The molecule has 180 valence electrons. The number of amides is 2. The maximum absolute atomic E-state index is 15.1. The molecule has 1 saturated heterocycles. The number of hydrogen-bond acceptors (Lipinski definition) is 5. The van der Waals surface area contributed by atoms with Crippen LogP contribution in [-0.2, 0) is 22.3 Å². The number of aliphatic hydroxyl groups is 1. The molecule has 0 aliphatic carbocycles. The van der Waals surface area contributed by atoms with Gasteiger partial charge < -0.3 is 19.3 Å². The minimum absolute atomic E-state index is 0.0252. The molecular weight excluding hydrogens is 460 g/mol. The van der Waals surface area contributed by atoms with E-state index in [2.05, 4.69) is 10.3 Å². The molecule has 8 nitrogen and oxygen atoms in total. The predicted octanol–water partition coefficient (Wildman–Crippen LogP) is 3.19. The summed E-state index contributed by atoms with van der Waals surface area (Å²) in [6, 6.07) is 6.53. The van der Waals surface area contributed by atoms with Gasteiger partial charge >= 0.3 is 6.18 Å². The number of aromatic nitrogens is 2. The fourth-order valence-corrected chi connectivity index (χ4v) is 3.70. The van der Waals surface area contributed by atoms with Crippen molar-refractivity contribution in [3.05, 3.63) is 53.3 Å². The van der Waals surface area contributed by atoms with Gasteiger partial charge in [-0.25, -0.2) is 9.37 Å². The molecule has 0 radical (unpaired) electrons. The zero-order valence-corrected chi connectivity index (χ0v) is 17.7. The highest BCUT2D eigenvalue weighted by Gasteiger charge is 2.31. The van der Waals surface area contributed by atoms with Crippen molar-refractivity contribution in [2.75, 3.05) is 36.6 Å². The highest BCUT2D eigenvalue weighted by molar-refractivity contribution is 6.04. The van der Waals surface area contributed by atoms with Crippen molar-refractivity contribution in [3.8, 4) is 0 Å². The molecule has 1 aliphatic rings. The Kier molecular flexibility index (Phi) is 6.53. The van der Waals surface area contributed by atoms with Crippen LogP contribution >= 0.6 is 0 Å². The van der Waals surface area contributed by atoms with Crippen molar-refractivity contribution in [2.24, 2.45) is 0 Å². The van der Waals surface area contributed by atoms with Crippen LogP contribution in [-0.4, -0.2) is 52.8 Å². The fourth-order valence-electron chi connectivity index (χ4n) is 3.70. The largest absolute Gasteiger partial charge is 0.416 e. The second kappa shape index (κ2) is 9.39. The standard InChI is InChI=1S/C22H20F4N4O4/c23-16-10-15(29-6-8-34-12-18(29)32)11-17-19(16)30(5-2-7-31)21(27-17)28-20(33)13-3-1-4-14(9-13)22(24,25)26/h1,3-4,9-11,31H,2,5-8,12H2,(H,27,28,33). The summed E-state index contributed by atoms with van der Waals surface area (Å²) in [4.78, 5) is 30.5. The summed E-state index contributed by atoms with van der Waals surface area (Å²) >= 11 is 0. The third-order valence-electron chi connectivity index (χ3n) is 5.29. The Balaban J connectivity index is 1.72. The fraction of sp³-hybridized carbons (Fsp3) is 0.318. The van der Waals surface area contributed by atoms with E-state index in [0.29, 0.717) is 6.07 Å². The van der Waals surface area contributed by atoms with E-state index in [0.717, 1.165) is 12.1 Å². The highest BCUT2D eigenvalue weighted by atomic mass is 19.4. The van der Waals surface area contributed by atoms with Crippen LogP contribution in [0.15, 0.2) is 36.4 Å². The van der Waals surface area contributed by atoms with E-state index in [1.807, 2.05) is 0 Å². The number of aliphatic hydroxyl groups excluding tert-OH is 1. The van der Waals surface area contributed by atoms with Gasteiger partial charge in [0.15, 0.2) is 5.82 Å². The molecule has 1 aromatic heterocycles. The molecule has 2 amide bonds. The number of ether oxygens (including phenoxy) is 1. The van der Waals surface area contributed by atoms with Crippen molar-refractivity contribution < 1.29 is 37.0 Å². The number of carbonyl (C=O) groups is 2. The lowest BCUT2D eigenvalue weighted by Crippen LogP contribution is -2.41. The summed E-state index contributed by atoms with van der Waals surface area (Å²) in [5.74, 6) is -2.02. The summed E-state index contributed by atoms with van der Waals surface area (Å²) in [5.41, 5.74) is -0.819.